The molecule has 0 bridgehead atoms. The summed E-state index contributed by atoms with van der Waals surface area (Å²) in [7, 11) is -0.765. The molecule has 1 amide bonds. The number of nitrogens with one attached hydrogen (secondary N) is 1. The van der Waals surface area contributed by atoms with Crippen molar-refractivity contribution >= 4 is 21.6 Å². The molecule has 0 aromatic heterocycles. The fourth-order valence-corrected chi connectivity index (χ4v) is 3.78. The molecule has 0 radical (unpaired) electrons. The van der Waals surface area contributed by atoms with Crippen LogP contribution < -0.4 is 10.1 Å². The van der Waals surface area contributed by atoms with Crippen molar-refractivity contribution in [3.63, 3.8) is 0 Å². The summed E-state index contributed by atoms with van der Waals surface area (Å²) < 4.78 is 37.3. The van der Waals surface area contributed by atoms with Crippen LogP contribution in [0.4, 0.5) is 5.69 Å². The maximum atomic E-state index is 12.7. The first-order valence-electron chi connectivity index (χ1n) is 8.02. The fourth-order valence-electron chi connectivity index (χ4n) is 2.59. The summed E-state index contributed by atoms with van der Waals surface area (Å²) >= 11 is 0. The van der Waals surface area contributed by atoms with Gasteiger partial charge in [-0.2, -0.15) is 4.31 Å². The topological polar surface area (TPSA) is 84.9 Å². The predicted octanol–water partition coefficient (Wildman–Crippen LogP) is 2.62. The lowest BCUT2D eigenvalue weighted by Gasteiger charge is -2.17. The van der Waals surface area contributed by atoms with Crippen molar-refractivity contribution in [2.45, 2.75) is 11.8 Å². The van der Waals surface area contributed by atoms with Gasteiger partial charge in [0, 0.05) is 20.7 Å². The van der Waals surface area contributed by atoms with E-state index in [-0.39, 0.29) is 23.6 Å². The van der Waals surface area contributed by atoms with Gasteiger partial charge < -0.3 is 14.8 Å². The molecule has 0 spiro atoms. The Balaban J connectivity index is 1.98. The van der Waals surface area contributed by atoms with Gasteiger partial charge in [-0.25, -0.2) is 8.42 Å². The fraction of sp³-hybridized carbons (Fsp3) is 0.278. The van der Waals surface area contributed by atoms with Gasteiger partial charge in [-0.05, 0) is 42.8 Å². The van der Waals surface area contributed by atoms with Gasteiger partial charge in [0.05, 0.1) is 22.8 Å². The normalized spacial score (nSPS) is 13.5. The number of sulfonamides is 1. The van der Waals surface area contributed by atoms with Crippen molar-refractivity contribution in [2.75, 3.05) is 32.6 Å². The van der Waals surface area contributed by atoms with Crippen LogP contribution in [0.15, 0.2) is 41.3 Å². The molecule has 3 rings (SSSR count). The SMILES string of the molecule is COCCN(C)S(=O)(=O)c1ccc2c(c1)C(=O)Nc1cc(C)ccc1O2. The van der Waals surface area contributed by atoms with Crippen LogP contribution in [0.3, 0.4) is 0 Å². The Morgan fingerprint density at radius 2 is 1.88 bits per heavy atom. The van der Waals surface area contributed by atoms with Crippen LogP contribution in [0, 0.1) is 6.92 Å². The van der Waals surface area contributed by atoms with Gasteiger partial charge in [0.1, 0.15) is 5.75 Å². The highest BCUT2D eigenvalue weighted by Gasteiger charge is 2.26. The quantitative estimate of drug-likeness (QED) is 0.867. The number of ether oxygens (including phenoxy) is 2. The van der Waals surface area contributed by atoms with E-state index in [9.17, 15) is 13.2 Å². The van der Waals surface area contributed by atoms with Crippen molar-refractivity contribution in [1.82, 2.24) is 4.31 Å². The molecule has 26 heavy (non-hydrogen) atoms. The van der Waals surface area contributed by atoms with Gasteiger partial charge in [0.2, 0.25) is 10.0 Å². The highest BCUT2D eigenvalue weighted by molar-refractivity contribution is 7.89. The number of aryl methyl sites for hydroxylation is 1. The predicted molar refractivity (Wildman–Crippen MR) is 97.3 cm³/mol. The number of nitrogens with zero attached hydrogens (tertiary/aromatic N) is 1. The zero-order chi connectivity index (χ0) is 18.9. The second kappa shape index (κ2) is 7.06. The van der Waals surface area contributed by atoms with Gasteiger partial charge in [-0.1, -0.05) is 6.07 Å². The zero-order valence-electron chi connectivity index (χ0n) is 14.8. The van der Waals surface area contributed by atoms with E-state index in [0.717, 1.165) is 5.56 Å². The Kier molecular flexibility index (Phi) is 4.99. The third-order valence-electron chi connectivity index (χ3n) is 4.12. The van der Waals surface area contributed by atoms with Crippen LogP contribution in [0.1, 0.15) is 15.9 Å². The molecular formula is C18H20N2O5S. The van der Waals surface area contributed by atoms with Gasteiger partial charge in [-0.15, -0.1) is 0 Å². The average molecular weight is 376 g/mol. The van der Waals surface area contributed by atoms with E-state index in [1.54, 1.807) is 12.1 Å². The molecule has 0 saturated heterocycles. The maximum Gasteiger partial charge on any atom is 0.259 e. The van der Waals surface area contributed by atoms with E-state index in [0.29, 0.717) is 17.2 Å². The summed E-state index contributed by atoms with van der Waals surface area (Å²) in [6.07, 6.45) is 0. The molecular weight excluding hydrogens is 356 g/mol. The largest absolute Gasteiger partial charge is 0.454 e. The molecule has 0 atom stereocenters. The van der Waals surface area contributed by atoms with Gasteiger partial charge in [-0.3, -0.25) is 4.79 Å². The molecule has 7 nitrogen and oxygen atoms in total. The first-order chi connectivity index (χ1) is 12.3. The molecule has 138 valence electrons. The lowest BCUT2D eigenvalue weighted by molar-refractivity contribution is 0.102. The number of anilines is 1. The van der Waals surface area contributed by atoms with Gasteiger partial charge in [0.25, 0.3) is 5.91 Å². The van der Waals surface area contributed by atoms with E-state index in [1.807, 2.05) is 13.0 Å². The van der Waals surface area contributed by atoms with Crippen LogP contribution >= 0.6 is 0 Å². The van der Waals surface area contributed by atoms with Crippen LogP contribution in [0.25, 0.3) is 0 Å². The number of likely N-dealkylation sites (N-methyl/N-ethyl adjacent to an activating group) is 1. The van der Waals surface area contributed by atoms with E-state index < -0.39 is 15.9 Å². The second-order valence-electron chi connectivity index (χ2n) is 6.03. The second-order valence-corrected chi connectivity index (χ2v) is 8.08. The standard InChI is InChI=1S/C18H20N2O5S/c1-12-4-6-17-15(10-12)19-18(21)14-11-13(5-7-16(14)25-17)26(22,23)20(2)8-9-24-3/h4-7,10-11H,8-9H2,1-3H3,(H,19,21). The molecule has 0 saturated carbocycles. The smallest absolute Gasteiger partial charge is 0.259 e. The molecule has 1 aliphatic heterocycles. The summed E-state index contributed by atoms with van der Waals surface area (Å²) in [5.41, 5.74) is 1.69. The van der Waals surface area contributed by atoms with Crippen LogP contribution in [-0.4, -0.2) is 45.9 Å². The van der Waals surface area contributed by atoms with Crippen LogP contribution in [-0.2, 0) is 14.8 Å². The molecule has 2 aromatic rings. The van der Waals surface area contributed by atoms with E-state index >= 15 is 0 Å². The summed E-state index contributed by atoms with van der Waals surface area (Å²) in [6, 6.07) is 9.71. The number of rotatable bonds is 5. The average Bonchev–Trinajstić information content (AvgIpc) is 2.74. The van der Waals surface area contributed by atoms with Crippen molar-refractivity contribution in [1.29, 1.82) is 0 Å². The Morgan fingerprint density at radius 1 is 1.15 bits per heavy atom. The van der Waals surface area contributed by atoms with Gasteiger partial charge >= 0.3 is 0 Å². The third-order valence-corrected chi connectivity index (χ3v) is 5.97. The number of carbonyl (C=O) groups excluding carboxylic acids is 1. The number of carbonyl (C=O) groups is 1. The Bertz CT molecular complexity index is 956. The van der Waals surface area contributed by atoms with Crippen LogP contribution in [0.5, 0.6) is 11.5 Å². The minimum atomic E-state index is -3.74. The number of methoxy groups -OCH3 is 1. The summed E-state index contributed by atoms with van der Waals surface area (Å²) in [4.78, 5) is 12.6. The number of hydrogen-bond acceptors (Lipinski definition) is 5. The zero-order valence-corrected chi connectivity index (χ0v) is 15.6. The summed E-state index contributed by atoms with van der Waals surface area (Å²) in [5.74, 6) is 0.403. The highest BCUT2D eigenvalue weighted by atomic mass is 32.2. The molecule has 1 heterocycles. The Hall–Kier alpha value is -2.42. The van der Waals surface area contributed by atoms with Crippen molar-refractivity contribution in [2.24, 2.45) is 0 Å². The number of hydrogen-bond donors (Lipinski definition) is 1. The minimum absolute atomic E-state index is 0.0238. The Labute approximate surface area is 152 Å². The van der Waals surface area contributed by atoms with Gasteiger partial charge in [0.15, 0.2) is 5.75 Å². The lowest BCUT2D eigenvalue weighted by atomic mass is 10.2. The number of benzene rings is 2. The van der Waals surface area contributed by atoms with Crippen molar-refractivity contribution in [3.05, 3.63) is 47.5 Å². The lowest BCUT2D eigenvalue weighted by Crippen LogP contribution is -2.30. The van der Waals surface area contributed by atoms with Crippen LogP contribution in [0.2, 0.25) is 0 Å². The first kappa shape index (κ1) is 18.4. The molecule has 1 aliphatic rings. The first-order valence-corrected chi connectivity index (χ1v) is 9.46. The third kappa shape index (κ3) is 3.44. The molecule has 8 heteroatoms. The monoisotopic (exact) mass is 376 g/mol. The molecule has 0 unspecified atom stereocenters. The van der Waals surface area contributed by atoms with Crippen molar-refractivity contribution < 1.29 is 22.7 Å². The number of fused-ring (bicyclic) bond motifs is 2. The Morgan fingerprint density at radius 3 is 2.62 bits per heavy atom. The molecule has 0 aliphatic carbocycles. The maximum absolute atomic E-state index is 12.7. The van der Waals surface area contributed by atoms with E-state index in [4.69, 9.17) is 9.47 Å². The highest BCUT2D eigenvalue weighted by Crippen LogP contribution is 2.37. The molecule has 1 N–H and O–H groups in total. The van der Waals surface area contributed by atoms with E-state index in [2.05, 4.69) is 5.32 Å². The molecule has 0 fully saturated rings. The summed E-state index contributed by atoms with van der Waals surface area (Å²) in [6.45, 7) is 2.40. The summed E-state index contributed by atoms with van der Waals surface area (Å²) in [5, 5.41) is 2.77. The number of amides is 1. The van der Waals surface area contributed by atoms with Crippen molar-refractivity contribution in [3.8, 4) is 11.5 Å². The minimum Gasteiger partial charge on any atom is -0.454 e. The molecule has 2 aromatic carbocycles. The van der Waals surface area contributed by atoms with E-state index in [1.165, 1.54) is 36.7 Å².